The number of nitrogens with zero attached hydrogens (tertiary/aromatic N) is 1. The van der Waals surface area contributed by atoms with Crippen LogP contribution in [0.2, 0.25) is 0 Å². The summed E-state index contributed by atoms with van der Waals surface area (Å²) in [5.74, 6) is 0.969. The average Bonchev–Trinajstić information content (AvgIpc) is 2.83. The van der Waals surface area contributed by atoms with E-state index < -0.39 is 0 Å². The van der Waals surface area contributed by atoms with Gasteiger partial charge in [0.25, 0.3) is 0 Å². The minimum Gasteiger partial charge on any atom is -0.462 e. The number of carbonyl (C=O) groups is 2. The molecular weight excluding hydrogens is 330 g/mol. The monoisotopic (exact) mass is 365 g/mol. The minimum atomic E-state index is -0.183. The van der Waals surface area contributed by atoms with Gasteiger partial charge in [0.15, 0.2) is 0 Å². The van der Waals surface area contributed by atoms with E-state index >= 15 is 0 Å². The van der Waals surface area contributed by atoms with Gasteiger partial charge < -0.3 is 14.4 Å². The maximum Gasteiger partial charge on any atom is 0.302 e. The molecule has 1 spiro atoms. The van der Waals surface area contributed by atoms with Crippen molar-refractivity contribution in [2.45, 2.75) is 77.9 Å². The normalized spacial score (nSPS) is 41.2. The summed E-state index contributed by atoms with van der Waals surface area (Å²) in [6, 6.07) is 0. The second-order valence-electron chi connectivity index (χ2n) is 9.02. The number of hydrogen-bond acceptors (Lipinski definition) is 5. The molecule has 1 aliphatic heterocycles. The van der Waals surface area contributed by atoms with Crippen LogP contribution in [0.3, 0.4) is 0 Å². The highest BCUT2D eigenvalue weighted by atomic mass is 16.6. The van der Waals surface area contributed by atoms with Gasteiger partial charge in [-0.2, -0.15) is 0 Å². The fourth-order valence-electron chi connectivity index (χ4n) is 6.35. The first-order valence-corrected chi connectivity index (χ1v) is 10.4. The van der Waals surface area contributed by atoms with Crippen LogP contribution in [0.25, 0.3) is 0 Å². The molecule has 0 bridgehead atoms. The molecule has 26 heavy (non-hydrogen) atoms. The fraction of sp³-hybridized carbons (Fsp3) is 0.905. The van der Waals surface area contributed by atoms with Crippen molar-refractivity contribution in [3.05, 3.63) is 0 Å². The molecule has 5 nitrogen and oxygen atoms in total. The summed E-state index contributed by atoms with van der Waals surface area (Å²) in [6.45, 7) is 7.48. The van der Waals surface area contributed by atoms with Gasteiger partial charge >= 0.3 is 11.9 Å². The molecule has 0 aromatic heterocycles. The highest BCUT2D eigenvalue weighted by Gasteiger charge is 2.62. The van der Waals surface area contributed by atoms with Crippen LogP contribution in [-0.4, -0.2) is 49.2 Å². The van der Waals surface area contributed by atoms with Gasteiger partial charge in [-0.1, -0.05) is 6.92 Å². The van der Waals surface area contributed by atoms with Crippen molar-refractivity contribution in [2.24, 2.45) is 23.2 Å². The molecule has 6 atom stereocenters. The molecule has 1 saturated heterocycles. The summed E-state index contributed by atoms with van der Waals surface area (Å²) in [7, 11) is 2.19. The first kappa shape index (κ1) is 19.7. The summed E-state index contributed by atoms with van der Waals surface area (Å²) < 4.78 is 11.8. The number of carbonyl (C=O) groups excluding carboxylic acids is 2. The van der Waals surface area contributed by atoms with E-state index in [1.807, 2.05) is 0 Å². The zero-order valence-corrected chi connectivity index (χ0v) is 16.8. The molecule has 0 radical (unpaired) electrons. The lowest BCUT2D eigenvalue weighted by Gasteiger charge is -2.50. The SMILES string of the molecule is CC(=O)OC1C[C@H](C)C[C@H]2C[C@H](OC(C)=O)[C@@H]3CCCN(C)CCC[C@]123. The Kier molecular flexibility index (Phi) is 5.95. The second kappa shape index (κ2) is 7.87. The summed E-state index contributed by atoms with van der Waals surface area (Å²) in [5.41, 5.74) is -0.0243. The van der Waals surface area contributed by atoms with Crippen LogP contribution in [0.15, 0.2) is 0 Å². The Morgan fingerprint density at radius 1 is 1.00 bits per heavy atom. The van der Waals surface area contributed by atoms with Crippen molar-refractivity contribution in [2.75, 3.05) is 20.1 Å². The van der Waals surface area contributed by atoms with Crippen molar-refractivity contribution >= 4 is 11.9 Å². The van der Waals surface area contributed by atoms with Gasteiger partial charge in [0.1, 0.15) is 12.2 Å². The Morgan fingerprint density at radius 3 is 2.38 bits per heavy atom. The van der Waals surface area contributed by atoms with Gasteiger partial charge in [0.05, 0.1) is 0 Å². The van der Waals surface area contributed by atoms with E-state index in [2.05, 4.69) is 18.9 Å². The van der Waals surface area contributed by atoms with Gasteiger partial charge in [0.2, 0.25) is 0 Å². The molecule has 2 aliphatic carbocycles. The molecule has 1 heterocycles. The first-order chi connectivity index (χ1) is 12.3. The quantitative estimate of drug-likeness (QED) is 0.702. The lowest BCUT2D eigenvalue weighted by molar-refractivity contribution is -0.172. The van der Waals surface area contributed by atoms with Crippen LogP contribution in [-0.2, 0) is 19.1 Å². The molecule has 5 heteroatoms. The molecule has 148 valence electrons. The second-order valence-corrected chi connectivity index (χ2v) is 9.02. The van der Waals surface area contributed by atoms with Crippen LogP contribution in [0.5, 0.6) is 0 Å². The summed E-state index contributed by atoms with van der Waals surface area (Å²) in [6.07, 6.45) is 7.30. The number of esters is 2. The van der Waals surface area contributed by atoms with Crippen molar-refractivity contribution < 1.29 is 19.1 Å². The van der Waals surface area contributed by atoms with E-state index in [-0.39, 0.29) is 29.6 Å². The molecular formula is C21H35NO4. The smallest absolute Gasteiger partial charge is 0.302 e. The molecule has 0 aromatic carbocycles. The van der Waals surface area contributed by atoms with Gasteiger partial charge in [-0.3, -0.25) is 9.59 Å². The molecule has 3 fully saturated rings. The third-order valence-corrected chi connectivity index (χ3v) is 7.15. The highest BCUT2D eigenvalue weighted by Crippen LogP contribution is 2.62. The molecule has 3 aliphatic rings. The number of ether oxygens (including phenoxy) is 2. The molecule has 2 saturated carbocycles. The largest absolute Gasteiger partial charge is 0.462 e. The first-order valence-electron chi connectivity index (χ1n) is 10.4. The Bertz CT molecular complexity index is 536. The van der Waals surface area contributed by atoms with Crippen LogP contribution in [0, 0.1) is 23.2 Å². The van der Waals surface area contributed by atoms with E-state index in [4.69, 9.17) is 9.47 Å². The predicted octanol–water partition coefficient (Wildman–Crippen LogP) is 3.41. The lowest BCUT2D eigenvalue weighted by atomic mass is 9.57. The Balaban J connectivity index is 1.98. The molecule has 0 aromatic rings. The lowest BCUT2D eigenvalue weighted by Crippen LogP contribution is -2.51. The van der Waals surface area contributed by atoms with E-state index in [1.54, 1.807) is 0 Å². The maximum atomic E-state index is 11.9. The van der Waals surface area contributed by atoms with Crippen molar-refractivity contribution in [1.82, 2.24) is 4.90 Å². The van der Waals surface area contributed by atoms with Gasteiger partial charge in [-0.15, -0.1) is 0 Å². The summed E-state index contributed by atoms with van der Waals surface area (Å²) >= 11 is 0. The molecule has 0 N–H and O–H groups in total. The van der Waals surface area contributed by atoms with E-state index in [9.17, 15) is 9.59 Å². The van der Waals surface area contributed by atoms with E-state index in [0.717, 1.165) is 58.0 Å². The van der Waals surface area contributed by atoms with Crippen molar-refractivity contribution in [3.63, 3.8) is 0 Å². The average molecular weight is 366 g/mol. The van der Waals surface area contributed by atoms with E-state index in [0.29, 0.717) is 17.8 Å². The van der Waals surface area contributed by atoms with Crippen LogP contribution in [0.4, 0.5) is 0 Å². The predicted molar refractivity (Wildman–Crippen MR) is 99.5 cm³/mol. The van der Waals surface area contributed by atoms with Gasteiger partial charge in [0, 0.05) is 25.2 Å². The Labute approximate surface area is 157 Å². The zero-order valence-electron chi connectivity index (χ0n) is 16.8. The van der Waals surface area contributed by atoms with Crippen LogP contribution < -0.4 is 0 Å². The minimum absolute atomic E-state index is 0.0238. The van der Waals surface area contributed by atoms with Gasteiger partial charge in [-0.05, 0) is 76.9 Å². The Morgan fingerprint density at radius 2 is 1.69 bits per heavy atom. The standard InChI is InChI=1S/C21H35NO4/c1-14-11-17-13-19(25-15(2)23)18-7-5-9-22(4)10-6-8-21(17,18)20(12-14)26-16(3)24/h14,17-20H,5-13H2,1-4H3/t14-,17+,18+,19+,20?,21+/m1/s1. The zero-order chi connectivity index (χ0) is 18.9. The van der Waals surface area contributed by atoms with E-state index in [1.165, 1.54) is 13.8 Å². The molecule has 3 rings (SSSR count). The highest BCUT2D eigenvalue weighted by molar-refractivity contribution is 5.66. The maximum absolute atomic E-state index is 11.9. The number of rotatable bonds is 2. The summed E-state index contributed by atoms with van der Waals surface area (Å²) in [4.78, 5) is 26.1. The third-order valence-electron chi connectivity index (χ3n) is 7.15. The summed E-state index contributed by atoms with van der Waals surface area (Å²) in [5, 5.41) is 0. The van der Waals surface area contributed by atoms with Crippen molar-refractivity contribution in [3.8, 4) is 0 Å². The van der Waals surface area contributed by atoms with Crippen molar-refractivity contribution in [1.29, 1.82) is 0 Å². The van der Waals surface area contributed by atoms with Crippen LogP contribution >= 0.6 is 0 Å². The fourth-order valence-corrected chi connectivity index (χ4v) is 6.35. The topological polar surface area (TPSA) is 55.8 Å². The molecule has 1 unspecified atom stereocenters. The molecule has 0 amide bonds. The Hall–Kier alpha value is -1.10. The third kappa shape index (κ3) is 3.78. The number of hydrogen-bond donors (Lipinski definition) is 0. The van der Waals surface area contributed by atoms with Gasteiger partial charge in [-0.25, -0.2) is 0 Å². The van der Waals surface area contributed by atoms with Crippen LogP contribution in [0.1, 0.15) is 65.7 Å².